The molecule has 0 aliphatic carbocycles. The highest BCUT2D eigenvalue weighted by atomic mass is 35.5. The molecule has 0 radical (unpaired) electrons. The van der Waals surface area contributed by atoms with E-state index in [1.807, 2.05) is 12.1 Å². The summed E-state index contributed by atoms with van der Waals surface area (Å²) in [6.07, 6.45) is 0. The number of ether oxygens (including phenoxy) is 1. The second-order valence-electron chi connectivity index (χ2n) is 4.02. The molecule has 0 fully saturated rings. The maximum atomic E-state index is 6.26. The Morgan fingerprint density at radius 1 is 1.39 bits per heavy atom. The second-order valence-corrected chi connectivity index (χ2v) is 4.80. The Hall–Kier alpha value is -0.320. The summed E-state index contributed by atoms with van der Waals surface area (Å²) in [5.74, 6) is 0. The van der Waals surface area contributed by atoms with Crippen LogP contribution in [0.1, 0.15) is 18.5 Å². The van der Waals surface area contributed by atoms with Crippen molar-refractivity contribution in [2.75, 3.05) is 33.4 Å². The van der Waals surface area contributed by atoms with Gasteiger partial charge >= 0.3 is 0 Å². The second kappa shape index (κ2) is 7.97. The maximum Gasteiger partial charge on any atom is 0.0640 e. The quantitative estimate of drug-likeness (QED) is 0.839. The number of rotatable bonds is 7. The predicted molar refractivity (Wildman–Crippen MR) is 77.4 cm³/mol. The van der Waals surface area contributed by atoms with Crippen LogP contribution < -0.4 is 5.73 Å². The van der Waals surface area contributed by atoms with Crippen LogP contribution in [0, 0.1) is 0 Å². The number of nitrogens with two attached hydrogens (primary N) is 1. The third kappa shape index (κ3) is 3.84. The van der Waals surface area contributed by atoms with Crippen molar-refractivity contribution in [2.45, 2.75) is 13.0 Å². The van der Waals surface area contributed by atoms with Gasteiger partial charge in [0.25, 0.3) is 0 Å². The molecule has 0 aliphatic rings. The van der Waals surface area contributed by atoms with E-state index in [2.05, 4.69) is 11.8 Å². The molecular formula is C13H20Cl2N2O. The Labute approximate surface area is 119 Å². The van der Waals surface area contributed by atoms with Gasteiger partial charge in [-0.05, 0) is 18.2 Å². The van der Waals surface area contributed by atoms with Gasteiger partial charge in [-0.25, -0.2) is 0 Å². The lowest BCUT2D eigenvalue weighted by Crippen LogP contribution is -2.36. The fourth-order valence-electron chi connectivity index (χ4n) is 1.99. The minimum Gasteiger partial charge on any atom is -0.383 e. The Balaban J connectivity index is 2.96. The van der Waals surface area contributed by atoms with Crippen LogP contribution in [0.4, 0.5) is 0 Å². The number of nitrogens with zero attached hydrogens (tertiary/aromatic N) is 1. The molecule has 2 N–H and O–H groups in total. The first-order valence-electron chi connectivity index (χ1n) is 6.02. The maximum absolute atomic E-state index is 6.26. The number of methoxy groups -OCH3 is 1. The van der Waals surface area contributed by atoms with Crippen LogP contribution in [0.15, 0.2) is 18.2 Å². The minimum absolute atomic E-state index is 0.0661. The summed E-state index contributed by atoms with van der Waals surface area (Å²) in [4.78, 5) is 2.24. The van der Waals surface area contributed by atoms with E-state index in [0.717, 1.165) is 18.7 Å². The predicted octanol–water partition coefficient (Wildman–Crippen LogP) is 2.96. The zero-order chi connectivity index (χ0) is 13.5. The normalized spacial score (nSPS) is 13.0. The van der Waals surface area contributed by atoms with Gasteiger partial charge in [0.05, 0.1) is 16.7 Å². The van der Waals surface area contributed by atoms with Gasteiger partial charge in [-0.2, -0.15) is 0 Å². The lowest BCUT2D eigenvalue weighted by molar-refractivity contribution is 0.126. The van der Waals surface area contributed by atoms with Crippen LogP contribution >= 0.6 is 23.2 Å². The number of hydrogen-bond acceptors (Lipinski definition) is 3. The van der Waals surface area contributed by atoms with E-state index in [1.165, 1.54) is 0 Å². The van der Waals surface area contributed by atoms with Crippen molar-refractivity contribution in [3.8, 4) is 0 Å². The van der Waals surface area contributed by atoms with Gasteiger partial charge in [0.1, 0.15) is 0 Å². The number of halogens is 2. The van der Waals surface area contributed by atoms with Crippen molar-refractivity contribution in [2.24, 2.45) is 5.73 Å². The molecule has 0 bridgehead atoms. The molecule has 0 aliphatic heterocycles. The van der Waals surface area contributed by atoms with Crippen LogP contribution in [0.25, 0.3) is 0 Å². The fourth-order valence-corrected chi connectivity index (χ4v) is 2.43. The van der Waals surface area contributed by atoms with Crippen LogP contribution in [-0.4, -0.2) is 38.3 Å². The van der Waals surface area contributed by atoms with Gasteiger partial charge < -0.3 is 10.5 Å². The molecule has 0 aromatic heterocycles. The van der Waals surface area contributed by atoms with Crippen LogP contribution in [0.3, 0.4) is 0 Å². The van der Waals surface area contributed by atoms with Crippen molar-refractivity contribution in [3.63, 3.8) is 0 Å². The summed E-state index contributed by atoms with van der Waals surface area (Å²) in [6.45, 7) is 4.96. The molecule has 5 heteroatoms. The highest BCUT2D eigenvalue weighted by molar-refractivity contribution is 6.42. The summed E-state index contributed by atoms with van der Waals surface area (Å²) in [6, 6.07) is 5.72. The molecular weight excluding hydrogens is 271 g/mol. The lowest BCUT2D eigenvalue weighted by Gasteiger charge is -2.30. The summed E-state index contributed by atoms with van der Waals surface area (Å²) in [5, 5.41) is 1.15. The smallest absolute Gasteiger partial charge is 0.0640 e. The molecule has 1 atom stereocenters. The Bertz CT molecular complexity index is 374. The van der Waals surface area contributed by atoms with E-state index in [9.17, 15) is 0 Å². The zero-order valence-corrected chi connectivity index (χ0v) is 12.3. The highest BCUT2D eigenvalue weighted by Gasteiger charge is 2.20. The first-order valence-corrected chi connectivity index (χ1v) is 6.78. The average molecular weight is 291 g/mol. The number of hydrogen-bond donors (Lipinski definition) is 1. The topological polar surface area (TPSA) is 38.5 Å². The molecule has 1 aromatic rings. The van der Waals surface area contributed by atoms with E-state index in [-0.39, 0.29) is 6.04 Å². The molecule has 0 saturated carbocycles. The van der Waals surface area contributed by atoms with Crippen LogP contribution in [0.5, 0.6) is 0 Å². The molecule has 0 spiro atoms. The molecule has 1 aromatic carbocycles. The van der Waals surface area contributed by atoms with E-state index in [0.29, 0.717) is 23.2 Å². The molecule has 1 unspecified atom stereocenters. The zero-order valence-electron chi connectivity index (χ0n) is 10.8. The molecule has 1 rings (SSSR count). The third-order valence-corrected chi connectivity index (χ3v) is 3.83. The van der Waals surface area contributed by atoms with Gasteiger partial charge in [0.2, 0.25) is 0 Å². The standard InChI is InChI=1S/C13H20Cl2N2O/c1-3-17(7-8-18-2)12(9-16)10-5-4-6-11(14)13(10)15/h4-6,12H,3,7-9,16H2,1-2H3. The highest BCUT2D eigenvalue weighted by Crippen LogP contribution is 2.32. The Kier molecular flexibility index (Phi) is 6.97. The molecule has 3 nitrogen and oxygen atoms in total. The Morgan fingerprint density at radius 3 is 2.67 bits per heavy atom. The van der Waals surface area contributed by atoms with Crippen molar-refractivity contribution < 1.29 is 4.74 Å². The molecule has 18 heavy (non-hydrogen) atoms. The summed E-state index contributed by atoms with van der Waals surface area (Å²) >= 11 is 12.3. The van der Waals surface area contributed by atoms with E-state index < -0.39 is 0 Å². The lowest BCUT2D eigenvalue weighted by atomic mass is 10.1. The third-order valence-electron chi connectivity index (χ3n) is 2.99. The first kappa shape index (κ1) is 15.7. The van der Waals surface area contributed by atoms with Crippen molar-refractivity contribution in [1.82, 2.24) is 4.90 Å². The fraction of sp³-hybridized carbons (Fsp3) is 0.538. The van der Waals surface area contributed by atoms with Crippen molar-refractivity contribution >= 4 is 23.2 Å². The van der Waals surface area contributed by atoms with Gasteiger partial charge in [-0.3, -0.25) is 4.90 Å². The van der Waals surface area contributed by atoms with Crippen LogP contribution in [-0.2, 0) is 4.74 Å². The van der Waals surface area contributed by atoms with Crippen LogP contribution in [0.2, 0.25) is 10.0 Å². The van der Waals surface area contributed by atoms with E-state index in [1.54, 1.807) is 13.2 Å². The molecule has 0 amide bonds. The largest absolute Gasteiger partial charge is 0.383 e. The monoisotopic (exact) mass is 290 g/mol. The number of benzene rings is 1. The summed E-state index contributed by atoms with van der Waals surface area (Å²) in [5.41, 5.74) is 6.86. The minimum atomic E-state index is 0.0661. The summed E-state index contributed by atoms with van der Waals surface area (Å²) < 4.78 is 5.12. The van der Waals surface area contributed by atoms with Gasteiger partial charge in [-0.15, -0.1) is 0 Å². The molecule has 0 saturated heterocycles. The van der Waals surface area contributed by atoms with E-state index >= 15 is 0 Å². The number of likely N-dealkylation sites (N-methyl/N-ethyl adjacent to an activating group) is 1. The average Bonchev–Trinajstić information content (AvgIpc) is 2.38. The SMILES string of the molecule is CCN(CCOC)C(CN)c1cccc(Cl)c1Cl. The van der Waals surface area contributed by atoms with E-state index in [4.69, 9.17) is 33.7 Å². The summed E-state index contributed by atoms with van der Waals surface area (Å²) in [7, 11) is 1.69. The van der Waals surface area contributed by atoms with Gasteiger partial charge in [-0.1, -0.05) is 42.3 Å². The van der Waals surface area contributed by atoms with Gasteiger partial charge in [0, 0.05) is 26.2 Å². The van der Waals surface area contributed by atoms with Crippen molar-refractivity contribution in [3.05, 3.63) is 33.8 Å². The molecule has 102 valence electrons. The van der Waals surface area contributed by atoms with Crippen molar-refractivity contribution in [1.29, 1.82) is 0 Å². The first-order chi connectivity index (χ1) is 8.65. The Morgan fingerprint density at radius 2 is 2.11 bits per heavy atom. The van der Waals surface area contributed by atoms with Gasteiger partial charge in [0.15, 0.2) is 0 Å². The molecule has 0 heterocycles.